The van der Waals surface area contributed by atoms with E-state index < -0.39 is 18.2 Å². The van der Waals surface area contributed by atoms with Crippen LogP contribution in [0.15, 0.2) is 70.2 Å². The second kappa shape index (κ2) is 12.9. The van der Waals surface area contributed by atoms with E-state index in [4.69, 9.17) is 21.1 Å². The van der Waals surface area contributed by atoms with Crippen LogP contribution >= 0.6 is 27.5 Å². The Morgan fingerprint density at radius 2 is 1.80 bits per heavy atom. The SMILES string of the molecule is CCOc1cc(C=NNC(=O)CC(=O)Nc2ccccc2Cl)cc(Br)c1OCc1ccc(C)cc1. The fourth-order valence-corrected chi connectivity index (χ4v) is 3.78. The molecule has 0 aromatic heterocycles. The van der Waals surface area contributed by atoms with Gasteiger partial charge in [-0.2, -0.15) is 5.10 Å². The standard InChI is InChI=1S/C26H25BrClN3O4/c1-3-34-23-13-19(12-20(27)26(23)35-16-18-10-8-17(2)9-11-18)15-29-31-25(33)14-24(32)30-22-7-5-4-6-21(22)28/h4-13,15H,3,14,16H2,1-2H3,(H,30,32)(H,31,33). The molecular weight excluding hydrogens is 534 g/mol. The molecule has 3 aromatic carbocycles. The number of nitrogens with one attached hydrogen (secondary N) is 2. The van der Waals surface area contributed by atoms with Gasteiger partial charge in [-0.25, -0.2) is 5.43 Å². The van der Waals surface area contributed by atoms with Crippen molar-refractivity contribution in [2.24, 2.45) is 5.10 Å². The Morgan fingerprint density at radius 1 is 1.06 bits per heavy atom. The van der Waals surface area contributed by atoms with Gasteiger partial charge in [-0.3, -0.25) is 9.59 Å². The average Bonchev–Trinajstić information content (AvgIpc) is 2.81. The number of nitrogens with zero attached hydrogens (tertiary/aromatic N) is 1. The highest BCUT2D eigenvalue weighted by Gasteiger charge is 2.13. The fraction of sp³-hybridized carbons (Fsp3) is 0.192. The molecule has 0 radical (unpaired) electrons. The summed E-state index contributed by atoms with van der Waals surface area (Å²) in [5.41, 5.74) is 5.68. The first-order valence-electron chi connectivity index (χ1n) is 10.9. The zero-order valence-corrected chi connectivity index (χ0v) is 21.7. The Balaban J connectivity index is 1.60. The first-order valence-corrected chi connectivity index (χ1v) is 12.0. The second-order valence-corrected chi connectivity index (χ2v) is 8.80. The van der Waals surface area contributed by atoms with Crippen molar-refractivity contribution in [2.45, 2.75) is 26.9 Å². The number of para-hydroxylation sites is 1. The molecule has 9 heteroatoms. The molecule has 0 saturated heterocycles. The summed E-state index contributed by atoms with van der Waals surface area (Å²) in [4.78, 5) is 24.1. The number of rotatable bonds is 10. The van der Waals surface area contributed by atoms with Crippen molar-refractivity contribution >= 4 is 51.2 Å². The molecule has 35 heavy (non-hydrogen) atoms. The summed E-state index contributed by atoms with van der Waals surface area (Å²) in [6.45, 7) is 4.75. The van der Waals surface area contributed by atoms with Crippen LogP contribution < -0.4 is 20.2 Å². The summed E-state index contributed by atoms with van der Waals surface area (Å²) in [6, 6.07) is 18.4. The molecule has 0 spiro atoms. The van der Waals surface area contributed by atoms with Crippen molar-refractivity contribution in [3.63, 3.8) is 0 Å². The summed E-state index contributed by atoms with van der Waals surface area (Å²) in [7, 11) is 0. The molecule has 0 atom stereocenters. The summed E-state index contributed by atoms with van der Waals surface area (Å²) in [6.07, 6.45) is 1.06. The molecule has 2 amide bonds. The molecule has 0 aliphatic rings. The zero-order valence-electron chi connectivity index (χ0n) is 19.3. The predicted octanol–water partition coefficient (Wildman–Crippen LogP) is 5.87. The van der Waals surface area contributed by atoms with E-state index in [9.17, 15) is 9.59 Å². The molecule has 3 rings (SSSR count). The van der Waals surface area contributed by atoms with Crippen LogP contribution in [-0.2, 0) is 16.2 Å². The molecule has 0 aliphatic carbocycles. The molecule has 182 valence electrons. The number of anilines is 1. The van der Waals surface area contributed by atoms with E-state index >= 15 is 0 Å². The van der Waals surface area contributed by atoms with Crippen LogP contribution in [-0.4, -0.2) is 24.6 Å². The second-order valence-electron chi connectivity index (χ2n) is 7.54. The normalized spacial score (nSPS) is 10.7. The van der Waals surface area contributed by atoms with Gasteiger partial charge in [-0.05, 0) is 65.2 Å². The van der Waals surface area contributed by atoms with Crippen molar-refractivity contribution < 1.29 is 19.1 Å². The third-order valence-corrected chi connectivity index (χ3v) is 5.63. The average molecular weight is 559 g/mol. The lowest BCUT2D eigenvalue weighted by Gasteiger charge is -2.15. The summed E-state index contributed by atoms with van der Waals surface area (Å²) >= 11 is 9.54. The van der Waals surface area contributed by atoms with Gasteiger partial charge >= 0.3 is 0 Å². The number of halogens is 2. The van der Waals surface area contributed by atoms with E-state index in [0.29, 0.717) is 45.5 Å². The Bertz CT molecular complexity index is 1220. The van der Waals surface area contributed by atoms with E-state index in [1.54, 1.807) is 36.4 Å². The monoisotopic (exact) mass is 557 g/mol. The summed E-state index contributed by atoms with van der Waals surface area (Å²) in [5, 5.41) is 6.93. The largest absolute Gasteiger partial charge is 0.490 e. The van der Waals surface area contributed by atoms with Crippen LogP contribution in [0.3, 0.4) is 0 Å². The van der Waals surface area contributed by atoms with Gasteiger partial charge in [0.1, 0.15) is 13.0 Å². The molecule has 0 heterocycles. The first kappa shape index (κ1) is 26.2. The molecular formula is C26H25BrClN3O4. The van der Waals surface area contributed by atoms with Crippen molar-refractivity contribution in [3.05, 3.63) is 86.8 Å². The maximum absolute atomic E-state index is 12.1. The topological polar surface area (TPSA) is 89.0 Å². The Hall–Kier alpha value is -3.36. The Kier molecular flexibility index (Phi) is 9.69. The number of amides is 2. The Labute approximate surface area is 217 Å². The number of ether oxygens (including phenoxy) is 2. The molecule has 2 N–H and O–H groups in total. The zero-order chi connectivity index (χ0) is 25.2. The molecule has 0 saturated carbocycles. The number of hydrogen-bond donors (Lipinski definition) is 2. The number of carbonyl (C=O) groups excluding carboxylic acids is 2. The van der Waals surface area contributed by atoms with Gasteiger partial charge in [0, 0.05) is 0 Å². The lowest BCUT2D eigenvalue weighted by Crippen LogP contribution is -2.24. The van der Waals surface area contributed by atoms with Crippen molar-refractivity contribution in [3.8, 4) is 11.5 Å². The van der Waals surface area contributed by atoms with Gasteiger partial charge in [-0.15, -0.1) is 0 Å². The van der Waals surface area contributed by atoms with E-state index in [1.807, 2.05) is 38.1 Å². The lowest BCUT2D eigenvalue weighted by molar-refractivity contribution is -0.126. The number of hydrogen-bond acceptors (Lipinski definition) is 5. The summed E-state index contributed by atoms with van der Waals surface area (Å²) in [5.74, 6) is 0.0564. The highest BCUT2D eigenvalue weighted by molar-refractivity contribution is 9.10. The molecule has 0 aliphatic heterocycles. The van der Waals surface area contributed by atoms with Crippen LogP contribution in [0.1, 0.15) is 30.0 Å². The highest BCUT2D eigenvalue weighted by atomic mass is 79.9. The molecule has 0 bridgehead atoms. The highest BCUT2D eigenvalue weighted by Crippen LogP contribution is 2.37. The minimum atomic E-state index is -0.562. The van der Waals surface area contributed by atoms with Gasteiger partial charge in [0.2, 0.25) is 11.8 Å². The quantitative estimate of drug-likeness (QED) is 0.185. The van der Waals surface area contributed by atoms with Gasteiger partial charge in [0.25, 0.3) is 0 Å². The first-order chi connectivity index (χ1) is 16.9. The van der Waals surface area contributed by atoms with Crippen LogP contribution in [0.25, 0.3) is 0 Å². The van der Waals surface area contributed by atoms with Crippen molar-refractivity contribution in [1.82, 2.24) is 5.43 Å². The summed E-state index contributed by atoms with van der Waals surface area (Å²) < 4.78 is 12.4. The maximum Gasteiger partial charge on any atom is 0.249 e. The van der Waals surface area contributed by atoms with Crippen molar-refractivity contribution in [1.29, 1.82) is 0 Å². The predicted molar refractivity (Wildman–Crippen MR) is 141 cm³/mol. The fourth-order valence-electron chi connectivity index (χ4n) is 3.03. The number of carbonyl (C=O) groups is 2. The van der Waals surface area contributed by atoms with Crippen LogP contribution in [0, 0.1) is 6.92 Å². The van der Waals surface area contributed by atoms with Crippen molar-refractivity contribution in [2.75, 3.05) is 11.9 Å². The maximum atomic E-state index is 12.1. The van der Waals surface area contributed by atoms with Gasteiger partial charge < -0.3 is 14.8 Å². The lowest BCUT2D eigenvalue weighted by atomic mass is 10.2. The van der Waals surface area contributed by atoms with Crippen LogP contribution in [0.5, 0.6) is 11.5 Å². The van der Waals surface area contributed by atoms with E-state index in [2.05, 4.69) is 31.8 Å². The third kappa shape index (κ3) is 8.12. The molecule has 0 unspecified atom stereocenters. The number of benzene rings is 3. The number of hydrazone groups is 1. The smallest absolute Gasteiger partial charge is 0.249 e. The van der Waals surface area contributed by atoms with Gasteiger partial charge in [0.05, 0.1) is 28.0 Å². The minimum absolute atomic E-state index is 0.388. The Morgan fingerprint density at radius 3 is 2.51 bits per heavy atom. The van der Waals surface area contributed by atoms with E-state index in [1.165, 1.54) is 11.8 Å². The molecule has 7 nitrogen and oxygen atoms in total. The molecule has 3 aromatic rings. The molecule has 0 fully saturated rings. The van der Waals surface area contributed by atoms with Gasteiger partial charge in [0.15, 0.2) is 11.5 Å². The number of aryl methyl sites for hydroxylation is 1. The third-order valence-electron chi connectivity index (χ3n) is 4.71. The van der Waals surface area contributed by atoms with Crippen LogP contribution in [0.2, 0.25) is 5.02 Å². The van der Waals surface area contributed by atoms with E-state index in [-0.39, 0.29) is 0 Å². The van der Waals surface area contributed by atoms with E-state index in [0.717, 1.165) is 5.56 Å². The minimum Gasteiger partial charge on any atom is -0.490 e. The van der Waals surface area contributed by atoms with Crippen LogP contribution in [0.4, 0.5) is 5.69 Å². The van der Waals surface area contributed by atoms with Gasteiger partial charge in [-0.1, -0.05) is 53.6 Å².